The second kappa shape index (κ2) is 8.68. The molecule has 1 amide bonds. The number of benzene rings is 1. The molecule has 0 heterocycles. The van der Waals surface area contributed by atoms with Crippen molar-refractivity contribution in [2.75, 3.05) is 11.9 Å². The molecule has 0 aliphatic carbocycles. The second-order valence-electron chi connectivity index (χ2n) is 4.62. The minimum Gasteiger partial charge on any atom is -0.352 e. The minimum atomic E-state index is -0.466. The molecule has 6 heteroatoms. The third-order valence-electron chi connectivity index (χ3n) is 3.01. The highest BCUT2D eigenvalue weighted by molar-refractivity contribution is 9.09. The molecule has 110 valence electrons. The largest absolute Gasteiger partial charge is 0.352 e. The molecule has 0 aromatic heterocycles. The molecule has 1 aromatic rings. The van der Waals surface area contributed by atoms with Crippen molar-refractivity contribution in [2.24, 2.45) is 0 Å². The third kappa shape index (κ3) is 5.28. The zero-order valence-electron chi connectivity index (χ0n) is 11.5. The van der Waals surface area contributed by atoms with Gasteiger partial charge in [-0.2, -0.15) is 0 Å². The Morgan fingerprint density at radius 3 is 2.65 bits per heavy atom. The van der Waals surface area contributed by atoms with E-state index in [1.165, 1.54) is 6.07 Å². The number of aryl methyl sites for hydroxylation is 1. The quantitative estimate of drug-likeness (QED) is 0.339. The maximum Gasteiger partial charge on any atom is 0.273 e. The van der Waals surface area contributed by atoms with Gasteiger partial charge in [-0.1, -0.05) is 34.8 Å². The number of nitrogens with one attached hydrogen (secondary N) is 1. The van der Waals surface area contributed by atoms with Gasteiger partial charge in [0, 0.05) is 29.1 Å². The molecular formula is C14H19BrN2O3. The van der Waals surface area contributed by atoms with Crippen LogP contribution in [-0.4, -0.2) is 22.7 Å². The van der Waals surface area contributed by atoms with Gasteiger partial charge in [0.15, 0.2) is 0 Å². The van der Waals surface area contributed by atoms with Crippen LogP contribution in [-0.2, 0) is 0 Å². The molecule has 1 rings (SSSR count). The molecule has 0 aliphatic rings. The van der Waals surface area contributed by atoms with Crippen LogP contribution in [0.5, 0.6) is 0 Å². The Kier molecular flexibility index (Phi) is 7.22. The molecule has 1 N–H and O–H groups in total. The van der Waals surface area contributed by atoms with Crippen molar-refractivity contribution < 1.29 is 9.72 Å². The van der Waals surface area contributed by atoms with Gasteiger partial charge in [-0.15, -0.1) is 0 Å². The van der Waals surface area contributed by atoms with Crippen LogP contribution in [0.3, 0.4) is 0 Å². The number of alkyl halides is 1. The molecule has 5 nitrogen and oxygen atoms in total. The summed E-state index contributed by atoms with van der Waals surface area (Å²) in [5.74, 6) is -0.256. The van der Waals surface area contributed by atoms with Crippen LogP contribution in [0.25, 0.3) is 0 Å². The Hall–Kier alpha value is -1.43. The topological polar surface area (TPSA) is 72.2 Å². The number of hydrogen-bond acceptors (Lipinski definition) is 3. The summed E-state index contributed by atoms with van der Waals surface area (Å²) in [5.41, 5.74) is 0.874. The maximum absolute atomic E-state index is 11.9. The normalized spacial score (nSPS) is 10.3. The Bertz CT molecular complexity index is 477. The van der Waals surface area contributed by atoms with E-state index in [4.69, 9.17) is 0 Å². The number of carbonyl (C=O) groups is 1. The van der Waals surface area contributed by atoms with Crippen molar-refractivity contribution in [3.05, 3.63) is 39.4 Å². The molecule has 0 aliphatic heterocycles. The molecule has 0 atom stereocenters. The van der Waals surface area contributed by atoms with E-state index in [0.717, 1.165) is 31.0 Å². The van der Waals surface area contributed by atoms with Crippen LogP contribution in [0, 0.1) is 17.0 Å². The lowest BCUT2D eigenvalue weighted by Gasteiger charge is -2.06. The Morgan fingerprint density at radius 2 is 2.00 bits per heavy atom. The van der Waals surface area contributed by atoms with Gasteiger partial charge >= 0.3 is 0 Å². The number of amides is 1. The highest BCUT2D eigenvalue weighted by Gasteiger charge is 2.14. The van der Waals surface area contributed by atoms with Crippen molar-refractivity contribution in [3.63, 3.8) is 0 Å². The second-order valence-corrected chi connectivity index (χ2v) is 5.41. The lowest BCUT2D eigenvalue weighted by atomic mass is 10.1. The van der Waals surface area contributed by atoms with Crippen molar-refractivity contribution >= 4 is 27.5 Å². The van der Waals surface area contributed by atoms with E-state index >= 15 is 0 Å². The average Bonchev–Trinajstić information content (AvgIpc) is 2.42. The van der Waals surface area contributed by atoms with Gasteiger partial charge < -0.3 is 5.32 Å². The predicted octanol–water partition coefficient (Wildman–Crippen LogP) is 3.59. The molecule has 1 aromatic carbocycles. The summed E-state index contributed by atoms with van der Waals surface area (Å²) in [6, 6.07) is 4.54. The molecule has 0 saturated heterocycles. The zero-order chi connectivity index (χ0) is 15.0. The summed E-state index contributed by atoms with van der Waals surface area (Å²) >= 11 is 3.37. The van der Waals surface area contributed by atoms with Gasteiger partial charge in [0.05, 0.1) is 4.92 Å². The van der Waals surface area contributed by atoms with Crippen LogP contribution in [0.2, 0.25) is 0 Å². The lowest BCUT2D eigenvalue weighted by molar-refractivity contribution is -0.385. The molecule has 0 radical (unpaired) electrons. The first-order chi connectivity index (χ1) is 9.56. The lowest BCUT2D eigenvalue weighted by Crippen LogP contribution is -2.24. The van der Waals surface area contributed by atoms with Gasteiger partial charge in [0.25, 0.3) is 11.6 Å². The van der Waals surface area contributed by atoms with Gasteiger partial charge in [-0.3, -0.25) is 14.9 Å². The van der Waals surface area contributed by atoms with E-state index in [9.17, 15) is 14.9 Å². The fraction of sp³-hybridized carbons (Fsp3) is 0.500. The number of hydrogen-bond donors (Lipinski definition) is 1. The van der Waals surface area contributed by atoms with E-state index < -0.39 is 4.92 Å². The van der Waals surface area contributed by atoms with Crippen LogP contribution < -0.4 is 5.32 Å². The summed E-state index contributed by atoms with van der Waals surface area (Å²) in [6.07, 6.45) is 4.27. The van der Waals surface area contributed by atoms with Crippen molar-refractivity contribution in [3.8, 4) is 0 Å². The smallest absolute Gasteiger partial charge is 0.273 e. The molecule has 0 unspecified atom stereocenters. The number of nitro groups is 1. The first-order valence-corrected chi connectivity index (χ1v) is 7.77. The Morgan fingerprint density at radius 1 is 1.30 bits per heavy atom. The SMILES string of the molecule is Cc1ccc(C(=O)NCCCCCCBr)cc1[N+](=O)[O-]. The Labute approximate surface area is 127 Å². The highest BCUT2D eigenvalue weighted by Crippen LogP contribution is 2.19. The predicted molar refractivity (Wildman–Crippen MR) is 82.4 cm³/mol. The molecule has 0 bridgehead atoms. The van der Waals surface area contributed by atoms with Gasteiger partial charge in [-0.25, -0.2) is 0 Å². The molecule has 20 heavy (non-hydrogen) atoms. The summed E-state index contributed by atoms with van der Waals surface area (Å²) in [6.45, 7) is 2.26. The fourth-order valence-corrected chi connectivity index (χ4v) is 2.22. The van der Waals surface area contributed by atoms with Gasteiger partial charge in [-0.05, 0) is 25.8 Å². The van der Waals surface area contributed by atoms with Crippen molar-refractivity contribution in [2.45, 2.75) is 32.6 Å². The van der Waals surface area contributed by atoms with Crippen LogP contribution in [0.4, 0.5) is 5.69 Å². The number of nitrogens with zero attached hydrogens (tertiary/aromatic N) is 1. The fourth-order valence-electron chi connectivity index (χ4n) is 1.82. The van der Waals surface area contributed by atoms with Crippen LogP contribution in [0.1, 0.15) is 41.6 Å². The van der Waals surface area contributed by atoms with Crippen molar-refractivity contribution in [1.82, 2.24) is 5.32 Å². The maximum atomic E-state index is 11.9. The first kappa shape index (κ1) is 16.6. The molecular weight excluding hydrogens is 324 g/mol. The minimum absolute atomic E-state index is 0.0185. The summed E-state index contributed by atoms with van der Waals surface area (Å²) in [5, 5.41) is 14.6. The summed E-state index contributed by atoms with van der Waals surface area (Å²) in [7, 11) is 0. The highest BCUT2D eigenvalue weighted by atomic mass is 79.9. The third-order valence-corrected chi connectivity index (χ3v) is 3.57. The van der Waals surface area contributed by atoms with Crippen LogP contribution >= 0.6 is 15.9 Å². The molecule has 0 saturated carbocycles. The van der Waals surface area contributed by atoms with E-state index in [1.54, 1.807) is 19.1 Å². The number of rotatable bonds is 8. The first-order valence-electron chi connectivity index (χ1n) is 6.65. The van der Waals surface area contributed by atoms with E-state index in [0.29, 0.717) is 17.7 Å². The monoisotopic (exact) mass is 342 g/mol. The van der Waals surface area contributed by atoms with Gasteiger partial charge in [0.1, 0.15) is 0 Å². The van der Waals surface area contributed by atoms with E-state index in [1.807, 2.05) is 0 Å². The van der Waals surface area contributed by atoms with Crippen LogP contribution in [0.15, 0.2) is 18.2 Å². The molecule has 0 fully saturated rings. The van der Waals surface area contributed by atoms with E-state index in [2.05, 4.69) is 21.2 Å². The number of halogens is 1. The molecule has 0 spiro atoms. The van der Waals surface area contributed by atoms with Gasteiger partial charge in [0.2, 0.25) is 0 Å². The number of carbonyl (C=O) groups excluding carboxylic acids is 1. The number of nitro benzene ring substituents is 1. The summed E-state index contributed by atoms with van der Waals surface area (Å²) in [4.78, 5) is 22.2. The Balaban J connectivity index is 2.47. The standard InChI is InChI=1S/C14H19BrN2O3/c1-11-6-7-12(10-13(11)17(19)20)14(18)16-9-5-3-2-4-8-15/h6-7,10H,2-5,8-9H2,1H3,(H,16,18). The summed E-state index contributed by atoms with van der Waals surface area (Å²) < 4.78 is 0. The van der Waals surface area contributed by atoms with E-state index in [-0.39, 0.29) is 11.6 Å². The average molecular weight is 343 g/mol. The number of unbranched alkanes of at least 4 members (excludes halogenated alkanes) is 3. The van der Waals surface area contributed by atoms with Crippen molar-refractivity contribution in [1.29, 1.82) is 0 Å². The zero-order valence-corrected chi connectivity index (χ0v) is 13.1.